The topological polar surface area (TPSA) is 69.2 Å². The minimum Gasteiger partial charge on any atom is -0.391 e. The Hall–Kier alpha value is -3.11. The van der Waals surface area contributed by atoms with Gasteiger partial charge in [0.15, 0.2) is 0 Å². The first-order valence-corrected chi connectivity index (χ1v) is 5.97. The summed E-state index contributed by atoms with van der Waals surface area (Å²) in [5, 5.41) is 21.5. The van der Waals surface area contributed by atoms with E-state index in [4.69, 9.17) is 15.4 Å². The van der Waals surface area contributed by atoms with Crippen LogP contribution < -0.4 is 0 Å². The lowest BCUT2D eigenvalue weighted by Gasteiger charge is -2.00. The monoisotopic (exact) mass is 261 g/mol. The molecule has 96 valence electrons. The molecule has 4 nitrogen and oxygen atoms in total. The summed E-state index contributed by atoms with van der Waals surface area (Å²) < 4.78 is 0. The van der Waals surface area contributed by atoms with Crippen LogP contribution in [0.5, 0.6) is 0 Å². The van der Waals surface area contributed by atoms with Crippen molar-refractivity contribution < 1.29 is 4.84 Å². The number of hydrogen-bond donors (Lipinski definition) is 0. The number of benzene rings is 2. The van der Waals surface area contributed by atoms with E-state index in [9.17, 15) is 0 Å². The molecule has 0 aliphatic carbocycles. The van der Waals surface area contributed by atoms with E-state index in [0.717, 1.165) is 11.1 Å². The molecule has 0 unspecified atom stereocenters. The Bertz CT molecular complexity index is 691. The summed E-state index contributed by atoms with van der Waals surface area (Å²) >= 11 is 0. The summed E-state index contributed by atoms with van der Waals surface area (Å²) in [6, 6.07) is 18.4. The van der Waals surface area contributed by atoms with Gasteiger partial charge >= 0.3 is 0 Å². The van der Waals surface area contributed by atoms with Crippen LogP contribution in [-0.2, 0) is 11.4 Å². The van der Waals surface area contributed by atoms with E-state index in [1.807, 2.05) is 18.2 Å². The Balaban J connectivity index is 1.94. The van der Waals surface area contributed by atoms with Crippen LogP contribution in [0, 0.1) is 22.7 Å². The molecule has 0 N–H and O–H groups in total. The third kappa shape index (κ3) is 3.44. The van der Waals surface area contributed by atoms with Crippen LogP contribution >= 0.6 is 0 Å². The van der Waals surface area contributed by atoms with Crippen LogP contribution in [0.25, 0.3) is 0 Å². The van der Waals surface area contributed by atoms with Crippen LogP contribution in [0.1, 0.15) is 22.3 Å². The lowest BCUT2D eigenvalue weighted by molar-refractivity contribution is 0.132. The summed E-state index contributed by atoms with van der Waals surface area (Å²) in [5.41, 5.74) is 2.81. The molecule has 0 heterocycles. The molecule has 0 fully saturated rings. The van der Waals surface area contributed by atoms with Crippen molar-refractivity contribution in [3.63, 3.8) is 0 Å². The van der Waals surface area contributed by atoms with Crippen molar-refractivity contribution in [1.29, 1.82) is 10.5 Å². The van der Waals surface area contributed by atoms with Crippen molar-refractivity contribution >= 4 is 6.21 Å². The molecule has 20 heavy (non-hydrogen) atoms. The molecule has 2 rings (SSSR count). The molecule has 4 heteroatoms. The number of nitriles is 2. The Kier molecular flexibility index (Phi) is 4.48. The van der Waals surface area contributed by atoms with Crippen LogP contribution in [0.2, 0.25) is 0 Å². The zero-order valence-corrected chi connectivity index (χ0v) is 10.7. The zero-order chi connectivity index (χ0) is 14.2. The predicted molar refractivity (Wildman–Crippen MR) is 74.7 cm³/mol. The van der Waals surface area contributed by atoms with Crippen LogP contribution in [0.4, 0.5) is 0 Å². The van der Waals surface area contributed by atoms with Gasteiger partial charge in [0.2, 0.25) is 0 Å². The quantitative estimate of drug-likeness (QED) is 0.627. The highest BCUT2D eigenvalue weighted by molar-refractivity contribution is 5.82. The molecule has 2 aromatic carbocycles. The fraction of sp³-hybridized carbons (Fsp3) is 0.0625. The molecule has 0 aromatic heterocycles. The molecule has 0 aliphatic heterocycles. The number of hydrogen-bond acceptors (Lipinski definition) is 4. The Morgan fingerprint density at radius 1 is 1.00 bits per heavy atom. The average molecular weight is 261 g/mol. The first kappa shape index (κ1) is 13.3. The Morgan fingerprint density at radius 2 is 1.75 bits per heavy atom. The number of rotatable bonds is 4. The van der Waals surface area contributed by atoms with E-state index in [-0.39, 0.29) is 0 Å². The van der Waals surface area contributed by atoms with Crippen molar-refractivity contribution in [3.8, 4) is 12.1 Å². The molecule has 2 aromatic rings. The van der Waals surface area contributed by atoms with Gasteiger partial charge in [-0.3, -0.25) is 0 Å². The van der Waals surface area contributed by atoms with Gasteiger partial charge in [-0.1, -0.05) is 35.5 Å². The molecular weight excluding hydrogens is 250 g/mol. The van der Waals surface area contributed by atoms with E-state index in [0.29, 0.717) is 17.7 Å². The second-order valence-corrected chi connectivity index (χ2v) is 4.02. The van der Waals surface area contributed by atoms with Crippen LogP contribution in [0.15, 0.2) is 53.7 Å². The zero-order valence-electron chi connectivity index (χ0n) is 10.7. The molecule has 0 radical (unpaired) electrons. The molecule has 0 bridgehead atoms. The minimum atomic E-state index is 0.316. The maximum Gasteiger partial charge on any atom is 0.142 e. The molecule has 0 atom stereocenters. The van der Waals surface area contributed by atoms with Crippen molar-refractivity contribution in [2.24, 2.45) is 5.16 Å². The maximum absolute atomic E-state index is 8.92. The smallest absolute Gasteiger partial charge is 0.142 e. The fourth-order valence-corrected chi connectivity index (χ4v) is 1.59. The van der Waals surface area contributed by atoms with Crippen LogP contribution in [0.3, 0.4) is 0 Å². The lowest BCUT2D eigenvalue weighted by Crippen LogP contribution is -1.90. The van der Waals surface area contributed by atoms with E-state index in [1.165, 1.54) is 6.21 Å². The molecule has 0 amide bonds. The van der Waals surface area contributed by atoms with Gasteiger partial charge in [0.05, 0.1) is 29.5 Å². The third-order valence-corrected chi connectivity index (χ3v) is 2.66. The normalized spacial score (nSPS) is 9.90. The second kappa shape index (κ2) is 6.72. The molecular formula is C16H11N3O. The van der Waals surface area contributed by atoms with Crippen LogP contribution in [-0.4, -0.2) is 6.21 Å². The van der Waals surface area contributed by atoms with E-state index >= 15 is 0 Å². The summed E-state index contributed by atoms with van der Waals surface area (Å²) in [4.78, 5) is 5.17. The molecule has 0 saturated heterocycles. The highest BCUT2D eigenvalue weighted by atomic mass is 16.6. The highest BCUT2D eigenvalue weighted by Gasteiger charge is 1.97. The fourth-order valence-electron chi connectivity index (χ4n) is 1.59. The first-order chi connectivity index (χ1) is 9.83. The molecule has 0 aliphatic rings. The van der Waals surface area contributed by atoms with Gasteiger partial charge in [0.1, 0.15) is 6.61 Å². The van der Waals surface area contributed by atoms with Gasteiger partial charge < -0.3 is 4.84 Å². The van der Waals surface area contributed by atoms with Crippen molar-refractivity contribution in [3.05, 3.63) is 70.8 Å². The standard InChI is InChI=1S/C16H11N3O/c17-9-13-5-7-14(8-6-13)12-20-19-11-16-4-2-1-3-15(16)10-18/h1-8,11H,12H2. The van der Waals surface area contributed by atoms with Gasteiger partial charge in [-0.15, -0.1) is 0 Å². The summed E-state index contributed by atoms with van der Waals surface area (Å²) in [5.74, 6) is 0. The van der Waals surface area contributed by atoms with Gasteiger partial charge in [0.25, 0.3) is 0 Å². The lowest BCUT2D eigenvalue weighted by atomic mass is 10.1. The van der Waals surface area contributed by atoms with Crippen molar-refractivity contribution in [2.75, 3.05) is 0 Å². The van der Waals surface area contributed by atoms with Crippen molar-refractivity contribution in [1.82, 2.24) is 0 Å². The molecule has 0 saturated carbocycles. The largest absolute Gasteiger partial charge is 0.391 e. The maximum atomic E-state index is 8.92. The van der Waals surface area contributed by atoms with E-state index < -0.39 is 0 Å². The van der Waals surface area contributed by atoms with E-state index in [1.54, 1.807) is 30.3 Å². The third-order valence-electron chi connectivity index (χ3n) is 2.66. The van der Waals surface area contributed by atoms with Gasteiger partial charge in [-0.2, -0.15) is 10.5 Å². The predicted octanol–water partition coefficient (Wildman–Crippen LogP) is 2.98. The van der Waals surface area contributed by atoms with Crippen molar-refractivity contribution in [2.45, 2.75) is 6.61 Å². The minimum absolute atomic E-state index is 0.316. The second-order valence-electron chi connectivity index (χ2n) is 4.02. The van der Waals surface area contributed by atoms with Gasteiger partial charge in [0, 0.05) is 5.56 Å². The Morgan fingerprint density at radius 3 is 2.45 bits per heavy atom. The van der Waals surface area contributed by atoms with Gasteiger partial charge in [-0.05, 0) is 23.8 Å². The summed E-state index contributed by atoms with van der Waals surface area (Å²) in [6.45, 7) is 0.316. The first-order valence-electron chi connectivity index (χ1n) is 5.97. The summed E-state index contributed by atoms with van der Waals surface area (Å²) in [6.07, 6.45) is 1.52. The highest BCUT2D eigenvalue weighted by Crippen LogP contribution is 2.06. The SMILES string of the molecule is N#Cc1ccc(CON=Cc2ccccc2C#N)cc1. The summed E-state index contributed by atoms with van der Waals surface area (Å²) in [7, 11) is 0. The Labute approximate surface area is 117 Å². The van der Waals surface area contributed by atoms with E-state index in [2.05, 4.69) is 17.3 Å². The number of oxime groups is 1. The molecule has 0 spiro atoms. The number of nitrogens with zero attached hydrogens (tertiary/aromatic N) is 3. The van der Waals surface area contributed by atoms with Gasteiger partial charge in [-0.25, -0.2) is 0 Å². The average Bonchev–Trinajstić information content (AvgIpc) is 2.52.